The molecule has 1 atom stereocenters. The molecule has 1 unspecified atom stereocenters. The highest BCUT2D eigenvalue weighted by molar-refractivity contribution is 7.98. The van der Waals surface area contributed by atoms with E-state index < -0.39 is 17.5 Å². The van der Waals surface area contributed by atoms with Crippen molar-refractivity contribution in [2.45, 2.75) is 24.3 Å². The largest absolute Gasteiger partial charge is 0.463 e. The Morgan fingerprint density at radius 1 is 1.21 bits per heavy atom. The van der Waals surface area contributed by atoms with Crippen LogP contribution in [0.15, 0.2) is 70.4 Å². The number of benzene rings is 2. The first-order chi connectivity index (χ1) is 14.0. The predicted molar refractivity (Wildman–Crippen MR) is 111 cm³/mol. The zero-order valence-electron chi connectivity index (χ0n) is 16.0. The fraction of sp³-hybridized carbons (Fsp3) is 0.190. The normalized spacial score (nSPS) is 11.7. The van der Waals surface area contributed by atoms with Gasteiger partial charge in [0.05, 0.1) is 5.69 Å². The van der Waals surface area contributed by atoms with Gasteiger partial charge in [-0.2, -0.15) is 4.68 Å². The molecule has 0 spiro atoms. The van der Waals surface area contributed by atoms with Gasteiger partial charge in [-0.05, 0) is 55.1 Å². The SMILES string of the molecule is CCC(Oc1ccc(=O)n(-c2ccc(F)cc2)n1)C(=O)Nc1cccc(SC)c1. The van der Waals surface area contributed by atoms with Crippen LogP contribution in [0.1, 0.15) is 13.3 Å². The van der Waals surface area contributed by atoms with Gasteiger partial charge in [-0.1, -0.05) is 13.0 Å². The van der Waals surface area contributed by atoms with Gasteiger partial charge in [-0.25, -0.2) is 4.39 Å². The van der Waals surface area contributed by atoms with E-state index in [2.05, 4.69) is 10.4 Å². The lowest BCUT2D eigenvalue weighted by Gasteiger charge is -2.17. The van der Waals surface area contributed by atoms with Crippen molar-refractivity contribution in [3.63, 3.8) is 0 Å². The van der Waals surface area contributed by atoms with Gasteiger partial charge in [0.15, 0.2) is 6.10 Å². The summed E-state index contributed by atoms with van der Waals surface area (Å²) in [5.74, 6) is -0.608. The van der Waals surface area contributed by atoms with Crippen molar-refractivity contribution in [2.24, 2.45) is 0 Å². The molecule has 150 valence electrons. The number of aromatic nitrogens is 2. The van der Waals surface area contributed by atoms with Crippen LogP contribution in [-0.4, -0.2) is 28.0 Å². The van der Waals surface area contributed by atoms with Crippen LogP contribution in [0.2, 0.25) is 0 Å². The molecule has 3 aromatic rings. The Kier molecular flexibility index (Phi) is 6.66. The predicted octanol–water partition coefficient (Wildman–Crippen LogP) is 3.89. The first-order valence-electron chi connectivity index (χ1n) is 8.98. The lowest BCUT2D eigenvalue weighted by molar-refractivity contribution is -0.123. The quantitative estimate of drug-likeness (QED) is 0.595. The monoisotopic (exact) mass is 413 g/mol. The Morgan fingerprint density at radius 3 is 2.66 bits per heavy atom. The average molecular weight is 413 g/mol. The first kappa shape index (κ1) is 20.6. The van der Waals surface area contributed by atoms with Crippen LogP contribution >= 0.6 is 11.8 Å². The summed E-state index contributed by atoms with van der Waals surface area (Å²) in [7, 11) is 0. The van der Waals surface area contributed by atoms with Crippen LogP contribution in [-0.2, 0) is 4.79 Å². The molecular weight excluding hydrogens is 393 g/mol. The summed E-state index contributed by atoms with van der Waals surface area (Å²) < 4.78 is 20.0. The first-order valence-corrected chi connectivity index (χ1v) is 10.2. The summed E-state index contributed by atoms with van der Waals surface area (Å²) in [6, 6.07) is 15.6. The fourth-order valence-corrected chi connectivity index (χ4v) is 3.08. The number of ether oxygens (including phenoxy) is 1. The maximum Gasteiger partial charge on any atom is 0.271 e. The van der Waals surface area contributed by atoms with E-state index in [4.69, 9.17) is 4.74 Å². The second-order valence-corrected chi connectivity index (χ2v) is 7.01. The van der Waals surface area contributed by atoms with Crippen molar-refractivity contribution in [1.29, 1.82) is 0 Å². The van der Waals surface area contributed by atoms with Gasteiger partial charge in [-0.3, -0.25) is 9.59 Å². The van der Waals surface area contributed by atoms with Crippen molar-refractivity contribution in [3.8, 4) is 11.6 Å². The number of anilines is 1. The lowest BCUT2D eigenvalue weighted by Crippen LogP contribution is -2.33. The van der Waals surface area contributed by atoms with E-state index in [1.165, 1.54) is 36.4 Å². The van der Waals surface area contributed by atoms with Gasteiger partial charge < -0.3 is 10.1 Å². The number of carbonyl (C=O) groups excluding carboxylic acids is 1. The number of amides is 1. The van der Waals surface area contributed by atoms with Gasteiger partial charge >= 0.3 is 0 Å². The van der Waals surface area contributed by atoms with Crippen LogP contribution in [0.3, 0.4) is 0 Å². The molecule has 0 aliphatic heterocycles. The van der Waals surface area contributed by atoms with Crippen LogP contribution in [0, 0.1) is 5.82 Å². The minimum atomic E-state index is -0.792. The lowest BCUT2D eigenvalue weighted by atomic mass is 10.2. The molecule has 1 amide bonds. The number of nitrogens with zero attached hydrogens (tertiary/aromatic N) is 2. The zero-order valence-corrected chi connectivity index (χ0v) is 16.8. The van der Waals surface area contributed by atoms with Crippen molar-refractivity contribution < 1.29 is 13.9 Å². The van der Waals surface area contributed by atoms with Crippen molar-refractivity contribution in [3.05, 3.63) is 76.8 Å². The summed E-state index contributed by atoms with van der Waals surface area (Å²) in [6.07, 6.45) is 1.58. The van der Waals surface area contributed by atoms with Gasteiger partial charge in [0.1, 0.15) is 5.82 Å². The topological polar surface area (TPSA) is 73.2 Å². The fourth-order valence-electron chi connectivity index (χ4n) is 2.62. The van der Waals surface area contributed by atoms with E-state index in [0.717, 1.165) is 9.58 Å². The molecule has 29 heavy (non-hydrogen) atoms. The second kappa shape index (κ2) is 9.38. The molecular formula is C21H20FN3O3S. The third-order valence-corrected chi connectivity index (χ3v) is 4.84. The number of thioether (sulfide) groups is 1. The minimum Gasteiger partial charge on any atom is -0.463 e. The number of halogens is 1. The van der Waals surface area contributed by atoms with E-state index in [0.29, 0.717) is 17.8 Å². The van der Waals surface area contributed by atoms with Gasteiger partial charge in [-0.15, -0.1) is 16.9 Å². The van der Waals surface area contributed by atoms with Crippen LogP contribution in [0.5, 0.6) is 5.88 Å². The molecule has 0 saturated carbocycles. The highest BCUT2D eigenvalue weighted by Crippen LogP contribution is 2.20. The highest BCUT2D eigenvalue weighted by atomic mass is 32.2. The molecule has 0 fully saturated rings. The average Bonchev–Trinajstić information content (AvgIpc) is 2.73. The van der Waals surface area contributed by atoms with Gasteiger partial charge in [0.25, 0.3) is 11.5 Å². The van der Waals surface area contributed by atoms with Gasteiger partial charge in [0, 0.05) is 22.7 Å². The third-order valence-electron chi connectivity index (χ3n) is 4.11. The Balaban J connectivity index is 1.78. The summed E-state index contributed by atoms with van der Waals surface area (Å²) in [5.41, 5.74) is 0.678. The minimum absolute atomic E-state index is 0.119. The van der Waals surface area contributed by atoms with Crippen molar-refractivity contribution >= 4 is 23.4 Å². The third kappa shape index (κ3) is 5.23. The number of nitrogens with one attached hydrogen (secondary N) is 1. The van der Waals surface area contributed by atoms with E-state index in [9.17, 15) is 14.0 Å². The summed E-state index contributed by atoms with van der Waals surface area (Å²) >= 11 is 1.58. The van der Waals surface area contributed by atoms with Gasteiger partial charge in [0.2, 0.25) is 5.88 Å². The highest BCUT2D eigenvalue weighted by Gasteiger charge is 2.20. The molecule has 0 aliphatic rings. The number of carbonyl (C=O) groups is 1. The molecule has 0 radical (unpaired) electrons. The standard InChI is InChI=1S/C21H20FN3O3S/c1-3-18(21(27)23-15-5-4-6-17(13-15)29-2)28-19-11-12-20(26)25(24-19)16-9-7-14(22)8-10-16/h4-13,18H,3H2,1-2H3,(H,23,27). The van der Waals surface area contributed by atoms with Crippen molar-refractivity contribution in [2.75, 3.05) is 11.6 Å². The van der Waals surface area contributed by atoms with Crippen LogP contribution < -0.4 is 15.6 Å². The second-order valence-electron chi connectivity index (χ2n) is 6.13. The Hall–Kier alpha value is -3.13. The van der Waals surface area contributed by atoms with E-state index >= 15 is 0 Å². The Labute approximate surface area is 171 Å². The Bertz CT molecular complexity index is 1050. The van der Waals surface area contributed by atoms with E-state index in [-0.39, 0.29) is 11.8 Å². The zero-order chi connectivity index (χ0) is 20.8. The Morgan fingerprint density at radius 2 is 1.97 bits per heavy atom. The molecule has 1 heterocycles. The molecule has 3 rings (SSSR count). The van der Waals surface area contributed by atoms with Crippen molar-refractivity contribution in [1.82, 2.24) is 9.78 Å². The molecule has 0 saturated heterocycles. The molecule has 2 aromatic carbocycles. The van der Waals surface area contributed by atoms with E-state index in [1.54, 1.807) is 17.8 Å². The maximum atomic E-state index is 13.1. The summed E-state index contributed by atoms with van der Waals surface area (Å²) in [5, 5.41) is 6.99. The molecule has 6 nitrogen and oxygen atoms in total. The summed E-state index contributed by atoms with van der Waals surface area (Å²) in [4.78, 5) is 25.8. The van der Waals surface area contributed by atoms with Crippen LogP contribution in [0.4, 0.5) is 10.1 Å². The molecule has 0 bridgehead atoms. The van der Waals surface area contributed by atoms with E-state index in [1.807, 2.05) is 31.4 Å². The maximum absolute atomic E-state index is 13.1. The molecule has 8 heteroatoms. The molecule has 1 aromatic heterocycles. The summed E-state index contributed by atoms with van der Waals surface area (Å²) in [6.45, 7) is 1.82. The number of hydrogen-bond donors (Lipinski definition) is 1. The van der Waals surface area contributed by atoms with Crippen LogP contribution in [0.25, 0.3) is 5.69 Å². The molecule has 0 aliphatic carbocycles. The smallest absolute Gasteiger partial charge is 0.271 e. The number of rotatable bonds is 7. The molecule has 1 N–H and O–H groups in total. The number of hydrogen-bond acceptors (Lipinski definition) is 5.